The van der Waals surface area contributed by atoms with E-state index in [9.17, 15) is 0 Å². The average molecular weight is 466 g/mol. The maximum atomic E-state index is 6.38. The van der Waals surface area contributed by atoms with Gasteiger partial charge in [-0.2, -0.15) is 4.98 Å². The molecule has 0 amide bonds. The summed E-state index contributed by atoms with van der Waals surface area (Å²) in [6, 6.07) is 15.5. The van der Waals surface area contributed by atoms with Gasteiger partial charge in [0, 0.05) is 46.5 Å². The summed E-state index contributed by atoms with van der Waals surface area (Å²) >= 11 is 12.8. The minimum absolute atomic E-state index is 0.628. The fraction of sp³-hybridized carbons (Fsp3) is 0.240. The van der Waals surface area contributed by atoms with Crippen molar-refractivity contribution in [3.8, 4) is 11.1 Å². The first-order valence-electron chi connectivity index (χ1n) is 10.8. The van der Waals surface area contributed by atoms with Crippen molar-refractivity contribution in [2.45, 2.75) is 26.7 Å². The van der Waals surface area contributed by atoms with Crippen LogP contribution in [0.4, 0.5) is 17.6 Å². The molecule has 164 valence electrons. The Kier molecular flexibility index (Phi) is 7.08. The zero-order valence-corrected chi connectivity index (χ0v) is 19.7. The molecule has 0 aliphatic rings. The van der Waals surface area contributed by atoms with Gasteiger partial charge in [-0.15, -0.1) is 0 Å². The van der Waals surface area contributed by atoms with E-state index < -0.39 is 0 Å². The minimum atomic E-state index is 0.628. The highest BCUT2D eigenvalue weighted by molar-refractivity contribution is 6.39. The van der Waals surface area contributed by atoms with E-state index in [-0.39, 0.29) is 0 Å². The van der Waals surface area contributed by atoms with E-state index in [0.717, 1.165) is 65.4 Å². The number of pyridine rings is 1. The van der Waals surface area contributed by atoms with Crippen molar-refractivity contribution >= 4 is 51.6 Å². The van der Waals surface area contributed by atoms with Crippen molar-refractivity contribution in [1.82, 2.24) is 15.0 Å². The molecule has 0 radical (unpaired) electrons. The van der Waals surface area contributed by atoms with E-state index in [0.29, 0.717) is 10.0 Å². The Hall–Kier alpha value is -2.89. The predicted octanol–water partition coefficient (Wildman–Crippen LogP) is 7.37. The van der Waals surface area contributed by atoms with Crippen molar-refractivity contribution in [2.75, 3.05) is 23.3 Å². The third-order valence-electron chi connectivity index (χ3n) is 5.14. The highest BCUT2D eigenvalue weighted by Gasteiger charge is 2.11. The molecule has 0 unspecified atom stereocenters. The van der Waals surface area contributed by atoms with Gasteiger partial charge in [0.15, 0.2) is 0 Å². The number of fused-ring (bicyclic) bond motifs is 1. The van der Waals surface area contributed by atoms with Gasteiger partial charge in [-0.3, -0.25) is 0 Å². The van der Waals surface area contributed by atoms with E-state index in [2.05, 4.69) is 40.1 Å². The van der Waals surface area contributed by atoms with Crippen LogP contribution in [0, 0.1) is 0 Å². The number of hydrogen-bond acceptors (Lipinski definition) is 5. The van der Waals surface area contributed by atoms with E-state index in [4.69, 9.17) is 28.2 Å². The second kappa shape index (κ2) is 10.2. The molecule has 32 heavy (non-hydrogen) atoms. The fourth-order valence-corrected chi connectivity index (χ4v) is 4.31. The summed E-state index contributed by atoms with van der Waals surface area (Å²) < 4.78 is 0. The van der Waals surface area contributed by atoms with Crippen LogP contribution in [0.15, 0.2) is 60.9 Å². The summed E-state index contributed by atoms with van der Waals surface area (Å²) in [4.78, 5) is 15.9. The first kappa shape index (κ1) is 22.3. The zero-order chi connectivity index (χ0) is 22.5. The fourth-order valence-electron chi connectivity index (χ4n) is 3.69. The van der Waals surface area contributed by atoms with Crippen LogP contribution < -0.4 is 10.2 Å². The molecule has 0 aliphatic heterocycles. The van der Waals surface area contributed by atoms with E-state index in [1.165, 1.54) is 0 Å². The van der Waals surface area contributed by atoms with E-state index >= 15 is 0 Å². The second-order valence-electron chi connectivity index (χ2n) is 7.58. The molecule has 1 N–H and O–H groups in total. The SMILES string of the molecule is CCCN(CCC)c1nccc(Nc2cc3ccc(-c4c(Cl)cccc4Cl)cc3cn2)n1. The Morgan fingerprint density at radius 1 is 0.844 bits per heavy atom. The summed E-state index contributed by atoms with van der Waals surface area (Å²) in [6.07, 6.45) is 5.72. The van der Waals surface area contributed by atoms with Crippen molar-refractivity contribution in [3.63, 3.8) is 0 Å². The number of anilines is 3. The molecule has 0 saturated carbocycles. The Bertz CT molecular complexity index is 1200. The summed E-state index contributed by atoms with van der Waals surface area (Å²) in [5.74, 6) is 2.18. The Labute approximate surface area is 198 Å². The molecule has 5 nitrogen and oxygen atoms in total. The average Bonchev–Trinajstić information content (AvgIpc) is 2.79. The Morgan fingerprint density at radius 2 is 1.59 bits per heavy atom. The lowest BCUT2D eigenvalue weighted by Crippen LogP contribution is -2.27. The molecule has 0 saturated heterocycles. The molecular weight excluding hydrogens is 441 g/mol. The van der Waals surface area contributed by atoms with Gasteiger partial charge in [0.1, 0.15) is 11.6 Å². The summed E-state index contributed by atoms with van der Waals surface area (Å²) in [5.41, 5.74) is 1.79. The van der Waals surface area contributed by atoms with Gasteiger partial charge in [-0.1, -0.05) is 55.2 Å². The van der Waals surface area contributed by atoms with Crippen LogP contribution in [0.2, 0.25) is 10.0 Å². The van der Waals surface area contributed by atoms with Gasteiger partial charge in [0.2, 0.25) is 5.95 Å². The van der Waals surface area contributed by atoms with Gasteiger partial charge in [-0.25, -0.2) is 9.97 Å². The number of nitrogens with zero attached hydrogens (tertiary/aromatic N) is 4. The van der Waals surface area contributed by atoms with Crippen LogP contribution >= 0.6 is 23.2 Å². The molecule has 0 fully saturated rings. The highest BCUT2D eigenvalue weighted by Crippen LogP contribution is 2.36. The van der Waals surface area contributed by atoms with Crippen molar-refractivity contribution in [1.29, 1.82) is 0 Å². The number of rotatable bonds is 8. The lowest BCUT2D eigenvalue weighted by atomic mass is 10.0. The van der Waals surface area contributed by atoms with Gasteiger partial charge in [-0.05, 0) is 54.1 Å². The molecule has 4 rings (SSSR count). The molecule has 2 heterocycles. The normalized spacial score (nSPS) is 11.0. The number of nitrogens with one attached hydrogen (secondary N) is 1. The summed E-state index contributed by atoms with van der Waals surface area (Å²) in [7, 11) is 0. The molecule has 7 heteroatoms. The monoisotopic (exact) mass is 465 g/mol. The Morgan fingerprint density at radius 3 is 2.31 bits per heavy atom. The van der Waals surface area contributed by atoms with Gasteiger partial charge < -0.3 is 10.2 Å². The first-order valence-corrected chi connectivity index (χ1v) is 11.5. The van der Waals surface area contributed by atoms with Crippen LogP contribution in [0.25, 0.3) is 21.9 Å². The second-order valence-corrected chi connectivity index (χ2v) is 8.40. The number of hydrogen-bond donors (Lipinski definition) is 1. The molecular formula is C25H25Cl2N5. The number of halogens is 2. The minimum Gasteiger partial charge on any atom is -0.341 e. The first-order chi connectivity index (χ1) is 15.6. The summed E-state index contributed by atoms with van der Waals surface area (Å²) in [5, 5.41) is 6.63. The quantitative estimate of drug-likeness (QED) is 0.294. The van der Waals surface area contributed by atoms with Crippen LogP contribution in [-0.2, 0) is 0 Å². The number of aromatic nitrogens is 3. The molecule has 0 aliphatic carbocycles. The standard InChI is InChI=1S/C25H25Cl2N5/c1-3-12-32(13-4-2)25-28-11-10-22(31-25)30-23-15-17-8-9-18(14-19(17)16-29-23)24-20(26)6-5-7-21(24)27/h5-11,14-16H,3-4,12-13H2,1-2H3,(H,28,29,30,31). The van der Waals surface area contributed by atoms with Crippen LogP contribution in [-0.4, -0.2) is 28.0 Å². The highest BCUT2D eigenvalue weighted by atomic mass is 35.5. The summed E-state index contributed by atoms with van der Waals surface area (Å²) in [6.45, 7) is 6.19. The van der Waals surface area contributed by atoms with Crippen molar-refractivity contribution in [3.05, 3.63) is 71.0 Å². The molecule has 2 aromatic heterocycles. The van der Waals surface area contributed by atoms with E-state index in [1.807, 2.05) is 48.7 Å². The molecule has 0 atom stereocenters. The largest absolute Gasteiger partial charge is 0.341 e. The maximum Gasteiger partial charge on any atom is 0.227 e. The maximum absolute atomic E-state index is 6.38. The smallest absolute Gasteiger partial charge is 0.227 e. The van der Waals surface area contributed by atoms with Crippen LogP contribution in [0.3, 0.4) is 0 Å². The predicted molar refractivity (Wildman–Crippen MR) is 135 cm³/mol. The van der Waals surface area contributed by atoms with Gasteiger partial charge in [0.05, 0.1) is 0 Å². The third-order valence-corrected chi connectivity index (χ3v) is 5.77. The zero-order valence-electron chi connectivity index (χ0n) is 18.1. The molecule has 4 aromatic rings. The lowest BCUT2D eigenvalue weighted by molar-refractivity contribution is 0.721. The van der Waals surface area contributed by atoms with Crippen molar-refractivity contribution < 1.29 is 0 Å². The van der Waals surface area contributed by atoms with Crippen LogP contribution in [0.1, 0.15) is 26.7 Å². The molecule has 0 bridgehead atoms. The third kappa shape index (κ3) is 4.95. The molecule has 0 spiro atoms. The Balaban J connectivity index is 1.59. The van der Waals surface area contributed by atoms with Gasteiger partial charge >= 0.3 is 0 Å². The topological polar surface area (TPSA) is 53.9 Å². The number of benzene rings is 2. The molecule has 2 aromatic carbocycles. The van der Waals surface area contributed by atoms with Crippen LogP contribution in [0.5, 0.6) is 0 Å². The lowest BCUT2D eigenvalue weighted by Gasteiger charge is -2.21. The van der Waals surface area contributed by atoms with E-state index in [1.54, 1.807) is 6.20 Å². The van der Waals surface area contributed by atoms with Crippen molar-refractivity contribution in [2.24, 2.45) is 0 Å². The van der Waals surface area contributed by atoms with Gasteiger partial charge in [0.25, 0.3) is 0 Å².